The molecular weight excluding hydrogens is 286 g/mol. The van der Waals surface area contributed by atoms with Gasteiger partial charge < -0.3 is 14.5 Å². The minimum Gasteiger partial charge on any atom is -0.494 e. The van der Waals surface area contributed by atoms with E-state index in [-0.39, 0.29) is 0 Å². The minimum atomic E-state index is 0.799. The lowest BCUT2D eigenvalue weighted by atomic mass is 9.99. The Balaban J connectivity index is 1.78. The van der Waals surface area contributed by atoms with E-state index in [1.54, 1.807) is 0 Å². The van der Waals surface area contributed by atoms with Crippen LogP contribution in [-0.2, 0) is 13.0 Å². The summed E-state index contributed by atoms with van der Waals surface area (Å²) in [5.41, 5.74) is 2.95. The second-order valence-corrected chi connectivity index (χ2v) is 7.12. The average Bonchev–Trinajstić information content (AvgIpc) is 2.51. The van der Waals surface area contributed by atoms with Crippen LogP contribution in [0.1, 0.15) is 24.0 Å². The van der Waals surface area contributed by atoms with Crippen molar-refractivity contribution < 1.29 is 4.74 Å². The summed E-state index contributed by atoms with van der Waals surface area (Å²) in [5.74, 6) is 1.03. The first-order valence-corrected chi connectivity index (χ1v) is 8.81. The molecule has 0 atom stereocenters. The van der Waals surface area contributed by atoms with E-state index in [0.717, 1.165) is 38.3 Å². The van der Waals surface area contributed by atoms with Crippen LogP contribution in [0, 0.1) is 0 Å². The summed E-state index contributed by atoms with van der Waals surface area (Å²) in [7, 11) is 8.49. The molecule has 0 aliphatic carbocycles. The lowest BCUT2D eigenvalue weighted by molar-refractivity contribution is 0.237. The number of rotatable bonds is 9. The van der Waals surface area contributed by atoms with E-state index in [0.29, 0.717) is 0 Å². The third-order valence-electron chi connectivity index (χ3n) is 4.37. The fourth-order valence-corrected chi connectivity index (χ4v) is 3.05. The highest BCUT2D eigenvalue weighted by molar-refractivity contribution is 5.37. The first-order valence-electron chi connectivity index (χ1n) is 8.81. The second-order valence-electron chi connectivity index (χ2n) is 7.12. The van der Waals surface area contributed by atoms with Crippen molar-refractivity contribution >= 4 is 0 Å². The zero-order valence-corrected chi connectivity index (χ0v) is 15.3. The zero-order chi connectivity index (χ0) is 16.7. The molecule has 1 aliphatic heterocycles. The highest BCUT2D eigenvalue weighted by Crippen LogP contribution is 2.24. The van der Waals surface area contributed by atoms with Gasteiger partial charge in [-0.3, -0.25) is 4.90 Å². The van der Waals surface area contributed by atoms with Crippen LogP contribution in [0.3, 0.4) is 0 Å². The van der Waals surface area contributed by atoms with Gasteiger partial charge in [-0.25, -0.2) is 0 Å². The number of ether oxygens (including phenoxy) is 1. The summed E-state index contributed by atoms with van der Waals surface area (Å²) in [4.78, 5) is 7.03. The van der Waals surface area contributed by atoms with Crippen molar-refractivity contribution in [2.45, 2.75) is 25.8 Å². The van der Waals surface area contributed by atoms with Gasteiger partial charge in [0.1, 0.15) is 5.75 Å². The number of benzene rings is 1. The van der Waals surface area contributed by atoms with Gasteiger partial charge in [-0.1, -0.05) is 6.07 Å². The Labute approximate surface area is 142 Å². The van der Waals surface area contributed by atoms with Crippen LogP contribution in [0.4, 0.5) is 0 Å². The lowest BCUT2D eigenvalue weighted by Gasteiger charge is -2.29. The fourth-order valence-electron chi connectivity index (χ4n) is 3.05. The Morgan fingerprint density at radius 1 is 1.00 bits per heavy atom. The standard InChI is InChI=1S/C19H33N3O/c1-20(2)10-5-12-22-13-9-17-15-19(8-7-18(17)16-22)23-14-6-11-21(3)4/h7-8,15H,5-6,9-14,16H2,1-4H3. The van der Waals surface area contributed by atoms with Crippen LogP contribution in [0.5, 0.6) is 5.75 Å². The minimum absolute atomic E-state index is 0.799. The molecule has 2 rings (SSSR count). The fraction of sp³-hybridized carbons (Fsp3) is 0.684. The Kier molecular flexibility index (Phi) is 7.34. The van der Waals surface area contributed by atoms with Crippen molar-refractivity contribution in [3.05, 3.63) is 29.3 Å². The highest BCUT2D eigenvalue weighted by atomic mass is 16.5. The van der Waals surface area contributed by atoms with E-state index in [9.17, 15) is 0 Å². The average molecular weight is 319 g/mol. The maximum Gasteiger partial charge on any atom is 0.119 e. The summed E-state index contributed by atoms with van der Waals surface area (Å²) < 4.78 is 5.89. The molecule has 0 N–H and O–H groups in total. The molecule has 0 saturated heterocycles. The van der Waals surface area contributed by atoms with Gasteiger partial charge in [0.25, 0.3) is 0 Å². The third kappa shape index (κ3) is 6.50. The highest BCUT2D eigenvalue weighted by Gasteiger charge is 2.16. The van der Waals surface area contributed by atoms with Crippen LogP contribution < -0.4 is 4.74 Å². The Morgan fingerprint density at radius 2 is 1.74 bits per heavy atom. The van der Waals surface area contributed by atoms with E-state index >= 15 is 0 Å². The maximum absolute atomic E-state index is 5.89. The predicted octanol–water partition coefficient (Wildman–Crippen LogP) is 2.33. The zero-order valence-electron chi connectivity index (χ0n) is 15.3. The molecule has 0 amide bonds. The van der Waals surface area contributed by atoms with Gasteiger partial charge in [-0.05, 0) is 83.8 Å². The number of nitrogens with zero attached hydrogens (tertiary/aromatic N) is 3. The van der Waals surface area contributed by atoms with Gasteiger partial charge >= 0.3 is 0 Å². The Hall–Kier alpha value is -1.10. The van der Waals surface area contributed by atoms with Crippen molar-refractivity contribution in [3.8, 4) is 5.75 Å². The maximum atomic E-state index is 5.89. The van der Waals surface area contributed by atoms with Crippen LogP contribution in [-0.4, -0.2) is 75.7 Å². The monoisotopic (exact) mass is 319 g/mol. The molecule has 4 heteroatoms. The van der Waals surface area contributed by atoms with Crippen molar-refractivity contribution in [1.82, 2.24) is 14.7 Å². The van der Waals surface area contributed by atoms with Crippen molar-refractivity contribution in [2.24, 2.45) is 0 Å². The van der Waals surface area contributed by atoms with Crippen LogP contribution in [0.2, 0.25) is 0 Å². The molecule has 0 bridgehead atoms. The molecule has 130 valence electrons. The molecule has 4 nitrogen and oxygen atoms in total. The normalized spacial score (nSPS) is 15.2. The third-order valence-corrected chi connectivity index (χ3v) is 4.37. The molecule has 1 aromatic rings. The number of hydrogen-bond donors (Lipinski definition) is 0. The van der Waals surface area contributed by atoms with E-state index in [4.69, 9.17) is 4.74 Å². The summed E-state index contributed by atoms with van der Waals surface area (Å²) in [5, 5.41) is 0. The van der Waals surface area contributed by atoms with Crippen molar-refractivity contribution in [2.75, 3.05) is 61.0 Å². The van der Waals surface area contributed by atoms with Gasteiger partial charge in [-0.2, -0.15) is 0 Å². The van der Waals surface area contributed by atoms with E-state index in [1.165, 1.54) is 37.2 Å². The quantitative estimate of drug-likeness (QED) is 0.650. The van der Waals surface area contributed by atoms with Gasteiger partial charge in [0.2, 0.25) is 0 Å². The Bertz CT molecular complexity index is 474. The number of fused-ring (bicyclic) bond motifs is 1. The summed E-state index contributed by atoms with van der Waals surface area (Å²) in [6.45, 7) is 6.50. The van der Waals surface area contributed by atoms with E-state index < -0.39 is 0 Å². The molecule has 0 spiro atoms. The Morgan fingerprint density at radius 3 is 2.48 bits per heavy atom. The molecule has 23 heavy (non-hydrogen) atoms. The van der Waals surface area contributed by atoms with Gasteiger partial charge in [0.05, 0.1) is 6.61 Å². The predicted molar refractivity (Wildman–Crippen MR) is 97.3 cm³/mol. The lowest BCUT2D eigenvalue weighted by Crippen LogP contribution is -2.32. The second kappa shape index (κ2) is 9.26. The number of hydrogen-bond acceptors (Lipinski definition) is 4. The van der Waals surface area contributed by atoms with Gasteiger partial charge in [0, 0.05) is 19.6 Å². The molecule has 1 aromatic carbocycles. The topological polar surface area (TPSA) is 19.0 Å². The summed E-state index contributed by atoms with van der Waals surface area (Å²) >= 11 is 0. The smallest absolute Gasteiger partial charge is 0.119 e. The molecule has 0 radical (unpaired) electrons. The molecule has 0 fully saturated rings. The van der Waals surface area contributed by atoms with Crippen LogP contribution in [0.25, 0.3) is 0 Å². The molecule has 1 aliphatic rings. The molecule has 0 saturated carbocycles. The molecule has 0 aromatic heterocycles. The first kappa shape index (κ1) is 18.2. The molecular formula is C19H33N3O. The SMILES string of the molecule is CN(C)CCCOc1ccc2c(c1)CCN(CCCN(C)C)C2. The summed E-state index contributed by atoms with van der Waals surface area (Å²) in [6, 6.07) is 6.65. The molecule has 1 heterocycles. The summed E-state index contributed by atoms with van der Waals surface area (Å²) in [6.07, 6.45) is 3.46. The van der Waals surface area contributed by atoms with E-state index in [2.05, 4.69) is 61.1 Å². The van der Waals surface area contributed by atoms with Crippen LogP contribution >= 0.6 is 0 Å². The first-order chi connectivity index (χ1) is 11.0. The van der Waals surface area contributed by atoms with Gasteiger partial charge in [0.15, 0.2) is 0 Å². The largest absolute Gasteiger partial charge is 0.494 e. The van der Waals surface area contributed by atoms with Crippen molar-refractivity contribution in [3.63, 3.8) is 0 Å². The molecule has 0 unspecified atom stereocenters. The van der Waals surface area contributed by atoms with E-state index in [1.807, 2.05) is 0 Å². The van der Waals surface area contributed by atoms with Crippen LogP contribution in [0.15, 0.2) is 18.2 Å². The van der Waals surface area contributed by atoms with Crippen molar-refractivity contribution in [1.29, 1.82) is 0 Å². The van der Waals surface area contributed by atoms with Gasteiger partial charge in [-0.15, -0.1) is 0 Å².